The van der Waals surface area contributed by atoms with Crippen LogP contribution in [0.25, 0.3) is 11.1 Å². The number of unbranched alkanes of at least 4 members (excludes halogenated alkanes) is 1. The van der Waals surface area contributed by atoms with Gasteiger partial charge in [0.2, 0.25) is 0 Å². The summed E-state index contributed by atoms with van der Waals surface area (Å²) in [6.07, 6.45) is 5.08. The van der Waals surface area contributed by atoms with Crippen LogP contribution >= 0.6 is 11.6 Å². The zero-order valence-electron chi connectivity index (χ0n) is 14.2. The average Bonchev–Trinajstić information content (AvgIpc) is 2.99. The van der Waals surface area contributed by atoms with Gasteiger partial charge in [0.25, 0.3) is 0 Å². The predicted molar refractivity (Wildman–Crippen MR) is 102 cm³/mol. The zero-order chi connectivity index (χ0) is 17.6. The summed E-state index contributed by atoms with van der Waals surface area (Å²) < 4.78 is 2.12. The molecule has 3 nitrogen and oxygen atoms in total. The molecular weight excluding hydrogens is 330 g/mol. The third-order valence-corrected chi connectivity index (χ3v) is 4.43. The lowest BCUT2D eigenvalue weighted by Gasteiger charge is -2.09. The van der Waals surface area contributed by atoms with Gasteiger partial charge in [-0.3, -0.25) is 0 Å². The van der Waals surface area contributed by atoms with Gasteiger partial charge >= 0.3 is 0 Å². The molecular formula is C21H20ClN3. The fourth-order valence-corrected chi connectivity index (χ4v) is 3.12. The summed E-state index contributed by atoms with van der Waals surface area (Å²) in [7, 11) is 0. The van der Waals surface area contributed by atoms with Crippen molar-refractivity contribution in [3.63, 3.8) is 0 Å². The van der Waals surface area contributed by atoms with Crippen LogP contribution in [0.1, 0.15) is 36.7 Å². The van der Waals surface area contributed by atoms with Crippen LogP contribution < -0.4 is 0 Å². The molecule has 0 aliphatic carbocycles. The van der Waals surface area contributed by atoms with Crippen LogP contribution in [0.3, 0.4) is 0 Å². The maximum Gasteiger partial charge on any atom is 0.147 e. The number of halogens is 1. The van der Waals surface area contributed by atoms with Crippen molar-refractivity contribution in [3.8, 4) is 17.2 Å². The Labute approximate surface area is 153 Å². The summed E-state index contributed by atoms with van der Waals surface area (Å²) >= 11 is 6.09. The number of benzene rings is 2. The zero-order valence-corrected chi connectivity index (χ0v) is 15.0. The number of aryl methyl sites for hydroxylation is 1. The molecule has 0 saturated carbocycles. The predicted octanol–water partition coefficient (Wildman–Crippen LogP) is 5.47. The van der Waals surface area contributed by atoms with Gasteiger partial charge in [0.1, 0.15) is 11.0 Å². The molecule has 3 rings (SSSR count). The van der Waals surface area contributed by atoms with Gasteiger partial charge in [-0.15, -0.1) is 0 Å². The second-order valence-corrected chi connectivity index (χ2v) is 6.45. The van der Waals surface area contributed by atoms with Gasteiger partial charge in [0, 0.05) is 19.2 Å². The lowest BCUT2D eigenvalue weighted by Crippen LogP contribution is -2.04. The van der Waals surface area contributed by atoms with Crippen LogP contribution in [0.2, 0.25) is 5.15 Å². The molecule has 25 heavy (non-hydrogen) atoms. The van der Waals surface area contributed by atoms with E-state index < -0.39 is 0 Å². The van der Waals surface area contributed by atoms with Crippen LogP contribution in [-0.4, -0.2) is 9.55 Å². The molecule has 0 saturated heterocycles. The molecule has 0 bridgehead atoms. The molecule has 0 fully saturated rings. The molecule has 0 aliphatic heterocycles. The van der Waals surface area contributed by atoms with Crippen LogP contribution in [0, 0.1) is 11.3 Å². The van der Waals surface area contributed by atoms with E-state index >= 15 is 0 Å². The number of hydrogen-bond donors (Lipinski definition) is 0. The summed E-state index contributed by atoms with van der Waals surface area (Å²) in [5, 5.41) is 9.81. The molecule has 1 heterocycles. The van der Waals surface area contributed by atoms with Crippen molar-refractivity contribution in [1.82, 2.24) is 9.55 Å². The van der Waals surface area contributed by atoms with Crippen molar-refractivity contribution in [2.45, 2.75) is 32.7 Å². The Balaban J connectivity index is 1.81. The fourth-order valence-electron chi connectivity index (χ4n) is 2.91. The standard InChI is InChI=1S/C21H20ClN3/c1-2-3-8-21-24-20(22)15-25(21)14-16-9-11-17(12-10-16)19-7-5-4-6-18(19)13-23/h4-7,9-12,15H,2-3,8,14H2,1H3. The van der Waals surface area contributed by atoms with Crippen molar-refractivity contribution in [3.05, 3.63) is 76.8 Å². The number of imidazole rings is 1. The normalized spacial score (nSPS) is 10.6. The van der Waals surface area contributed by atoms with Crippen LogP contribution in [0.5, 0.6) is 0 Å². The molecule has 1 aromatic heterocycles. The van der Waals surface area contributed by atoms with Crippen molar-refractivity contribution in [2.24, 2.45) is 0 Å². The quantitative estimate of drug-likeness (QED) is 0.592. The SMILES string of the molecule is CCCCc1nc(Cl)cn1Cc1ccc(-c2ccccc2C#N)cc1. The lowest BCUT2D eigenvalue weighted by atomic mass is 9.99. The minimum atomic E-state index is 0.547. The minimum Gasteiger partial charge on any atom is -0.329 e. The molecule has 2 aromatic carbocycles. The van der Waals surface area contributed by atoms with Crippen LogP contribution in [-0.2, 0) is 13.0 Å². The van der Waals surface area contributed by atoms with E-state index in [2.05, 4.69) is 46.8 Å². The Bertz CT molecular complexity index is 888. The number of nitrogens with zero attached hydrogens (tertiary/aromatic N) is 3. The maximum absolute atomic E-state index is 9.26. The van der Waals surface area contributed by atoms with E-state index in [0.29, 0.717) is 10.7 Å². The summed E-state index contributed by atoms with van der Waals surface area (Å²) in [5.41, 5.74) is 3.89. The van der Waals surface area contributed by atoms with E-state index in [0.717, 1.165) is 42.8 Å². The second-order valence-electron chi connectivity index (χ2n) is 6.07. The van der Waals surface area contributed by atoms with Crippen molar-refractivity contribution < 1.29 is 0 Å². The molecule has 3 aromatic rings. The van der Waals surface area contributed by atoms with Gasteiger partial charge in [-0.2, -0.15) is 5.26 Å². The average molecular weight is 350 g/mol. The summed E-state index contributed by atoms with van der Waals surface area (Å²) in [6.45, 7) is 2.92. The first-order chi connectivity index (χ1) is 12.2. The lowest BCUT2D eigenvalue weighted by molar-refractivity contribution is 0.678. The van der Waals surface area contributed by atoms with E-state index in [1.165, 1.54) is 5.56 Å². The van der Waals surface area contributed by atoms with Crippen molar-refractivity contribution in [1.29, 1.82) is 5.26 Å². The van der Waals surface area contributed by atoms with Gasteiger partial charge in [0.05, 0.1) is 11.6 Å². The first-order valence-corrected chi connectivity index (χ1v) is 8.89. The molecule has 4 heteroatoms. The first-order valence-electron chi connectivity index (χ1n) is 8.51. The van der Waals surface area contributed by atoms with Crippen LogP contribution in [0.15, 0.2) is 54.7 Å². The summed E-state index contributed by atoms with van der Waals surface area (Å²) in [4.78, 5) is 4.42. The van der Waals surface area contributed by atoms with E-state index in [9.17, 15) is 5.26 Å². The Morgan fingerprint density at radius 1 is 1.12 bits per heavy atom. The molecule has 0 N–H and O–H groups in total. The van der Waals surface area contributed by atoms with E-state index in [-0.39, 0.29) is 0 Å². The van der Waals surface area contributed by atoms with Gasteiger partial charge in [-0.25, -0.2) is 4.98 Å². The summed E-state index contributed by atoms with van der Waals surface area (Å²) in [6, 6.07) is 18.2. The highest BCUT2D eigenvalue weighted by atomic mass is 35.5. The second kappa shape index (κ2) is 8.00. The highest BCUT2D eigenvalue weighted by molar-refractivity contribution is 6.29. The maximum atomic E-state index is 9.26. The molecule has 0 radical (unpaired) electrons. The van der Waals surface area contributed by atoms with E-state index in [4.69, 9.17) is 11.6 Å². The third kappa shape index (κ3) is 4.10. The molecule has 0 atom stereocenters. The van der Waals surface area contributed by atoms with Crippen molar-refractivity contribution >= 4 is 11.6 Å². The minimum absolute atomic E-state index is 0.547. The first kappa shape index (κ1) is 17.3. The Hall–Kier alpha value is -2.57. The van der Waals surface area contributed by atoms with Gasteiger partial charge < -0.3 is 4.57 Å². The van der Waals surface area contributed by atoms with E-state index in [1.54, 1.807) is 0 Å². The Kier molecular flexibility index (Phi) is 5.53. The molecule has 126 valence electrons. The molecule has 0 spiro atoms. The summed E-state index contributed by atoms with van der Waals surface area (Å²) in [5.74, 6) is 1.03. The highest BCUT2D eigenvalue weighted by Crippen LogP contribution is 2.24. The number of nitriles is 1. The molecule has 0 unspecified atom stereocenters. The number of aromatic nitrogens is 2. The Morgan fingerprint density at radius 3 is 2.60 bits per heavy atom. The number of hydrogen-bond acceptors (Lipinski definition) is 2. The van der Waals surface area contributed by atoms with E-state index in [1.807, 2.05) is 30.5 Å². The van der Waals surface area contributed by atoms with Crippen molar-refractivity contribution in [2.75, 3.05) is 0 Å². The van der Waals surface area contributed by atoms with Gasteiger partial charge in [-0.1, -0.05) is 67.4 Å². The smallest absolute Gasteiger partial charge is 0.147 e. The van der Waals surface area contributed by atoms with Crippen LogP contribution in [0.4, 0.5) is 0 Å². The van der Waals surface area contributed by atoms with Gasteiger partial charge in [0.15, 0.2) is 0 Å². The highest BCUT2D eigenvalue weighted by Gasteiger charge is 2.08. The Morgan fingerprint density at radius 2 is 1.88 bits per heavy atom. The van der Waals surface area contributed by atoms with Gasteiger partial charge in [-0.05, 0) is 29.2 Å². The number of rotatable bonds is 6. The largest absolute Gasteiger partial charge is 0.329 e. The molecule has 0 amide bonds. The fraction of sp³-hybridized carbons (Fsp3) is 0.238. The third-order valence-electron chi connectivity index (χ3n) is 4.25. The monoisotopic (exact) mass is 349 g/mol. The molecule has 0 aliphatic rings. The topological polar surface area (TPSA) is 41.6 Å².